The second-order valence-electron chi connectivity index (χ2n) is 5.14. The van der Waals surface area contributed by atoms with Gasteiger partial charge in [0.05, 0.1) is 12.0 Å². The molecule has 0 radical (unpaired) electrons. The lowest BCUT2D eigenvalue weighted by molar-refractivity contribution is -0.143. The standard InChI is InChI=1S/C16H19NO4/c1-2-21-13-6-3-12(4-7-13)5-8-14(18)17-11-16(9-10-16)15(19)20/h3-8H,2,9-11H2,1H3,(H,17,18)(H,19,20)/b8-5+. The van der Waals surface area contributed by atoms with E-state index in [0.717, 1.165) is 11.3 Å². The molecule has 0 aliphatic heterocycles. The first-order valence-electron chi connectivity index (χ1n) is 6.98. The van der Waals surface area contributed by atoms with Crippen LogP contribution in [-0.2, 0) is 9.59 Å². The average molecular weight is 289 g/mol. The molecule has 1 fully saturated rings. The molecule has 1 aliphatic rings. The van der Waals surface area contributed by atoms with E-state index in [9.17, 15) is 9.59 Å². The number of aliphatic carboxylic acids is 1. The highest BCUT2D eigenvalue weighted by molar-refractivity contribution is 5.92. The summed E-state index contributed by atoms with van der Waals surface area (Å²) in [5.41, 5.74) is 0.149. The van der Waals surface area contributed by atoms with Crippen LogP contribution in [0.4, 0.5) is 0 Å². The van der Waals surface area contributed by atoms with Gasteiger partial charge in [0.2, 0.25) is 5.91 Å². The topological polar surface area (TPSA) is 75.6 Å². The fourth-order valence-electron chi connectivity index (χ4n) is 1.95. The quantitative estimate of drug-likeness (QED) is 0.754. The Morgan fingerprint density at radius 1 is 1.33 bits per heavy atom. The molecule has 1 aromatic carbocycles. The Balaban J connectivity index is 1.83. The summed E-state index contributed by atoms with van der Waals surface area (Å²) in [6.07, 6.45) is 4.36. The fraction of sp³-hybridized carbons (Fsp3) is 0.375. The van der Waals surface area contributed by atoms with Crippen molar-refractivity contribution < 1.29 is 19.4 Å². The van der Waals surface area contributed by atoms with E-state index in [1.54, 1.807) is 6.08 Å². The summed E-state index contributed by atoms with van der Waals surface area (Å²) in [4.78, 5) is 22.6. The predicted octanol–water partition coefficient (Wildman–Crippen LogP) is 2.08. The molecular formula is C16H19NO4. The smallest absolute Gasteiger partial charge is 0.311 e. The summed E-state index contributed by atoms with van der Waals surface area (Å²) < 4.78 is 5.33. The van der Waals surface area contributed by atoms with E-state index in [1.807, 2.05) is 31.2 Å². The summed E-state index contributed by atoms with van der Waals surface area (Å²) in [5.74, 6) is -0.328. The van der Waals surface area contributed by atoms with Crippen molar-refractivity contribution in [2.75, 3.05) is 13.2 Å². The average Bonchev–Trinajstić information content (AvgIpc) is 3.26. The third-order valence-corrected chi connectivity index (χ3v) is 3.53. The summed E-state index contributed by atoms with van der Waals surface area (Å²) in [6, 6.07) is 7.39. The number of carbonyl (C=O) groups is 2. The Kier molecular flexibility index (Phi) is 4.62. The number of carboxylic acids is 1. The molecule has 0 spiro atoms. The molecule has 5 heteroatoms. The van der Waals surface area contributed by atoms with Crippen molar-refractivity contribution in [2.24, 2.45) is 5.41 Å². The molecule has 0 heterocycles. The zero-order valence-corrected chi connectivity index (χ0v) is 12.0. The van der Waals surface area contributed by atoms with Gasteiger partial charge in [-0.3, -0.25) is 9.59 Å². The van der Waals surface area contributed by atoms with E-state index in [2.05, 4.69) is 5.32 Å². The maximum Gasteiger partial charge on any atom is 0.311 e. The van der Waals surface area contributed by atoms with E-state index in [1.165, 1.54) is 6.08 Å². The molecule has 0 atom stereocenters. The Hall–Kier alpha value is -2.30. The van der Waals surface area contributed by atoms with Gasteiger partial charge in [-0.2, -0.15) is 0 Å². The van der Waals surface area contributed by atoms with Gasteiger partial charge in [0.25, 0.3) is 0 Å². The molecule has 2 rings (SSSR count). The SMILES string of the molecule is CCOc1ccc(/C=C/C(=O)NCC2(C(=O)O)CC2)cc1. The van der Waals surface area contributed by atoms with Gasteiger partial charge in [-0.15, -0.1) is 0 Å². The third-order valence-electron chi connectivity index (χ3n) is 3.53. The predicted molar refractivity (Wildman–Crippen MR) is 79.0 cm³/mol. The van der Waals surface area contributed by atoms with E-state index >= 15 is 0 Å². The number of carboxylic acid groups (broad SMARTS) is 1. The number of nitrogens with one attached hydrogen (secondary N) is 1. The Bertz CT molecular complexity index is 544. The van der Waals surface area contributed by atoms with Crippen molar-refractivity contribution in [2.45, 2.75) is 19.8 Å². The lowest BCUT2D eigenvalue weighted by Crippen LogP contribution is -2.33. The molecule has 1 aliphatic carbocycles. The molecule has 0 bridgehead atoms. The maximum absolute atomic E-state index is 11.7. The van der Waals surface area contributed by atoms with Crippen LogP contribution < -0.4 is 10.1 Å². The molecule has 2 N–H and O–H groups in total. The van der Waals surface area contributed by atoms with Crippen molar-refractivity contribution in [1.82, 2.24) is 5.32 Å². The van der Waals surface area contributed by atoms with Gasteiger partial charge >= 0.3 is 5.97 Å². The van der Waals surface area contributed by atoms with Gasteiger partial charge in [-0.1, -0.05) is 12.1 Å². The summed E-state index contributed by atoms with van der Waals surface area (Å²) in [7, 11) is 0. The number of amides is 1. The molecule has 0 unspecified atom stereocenters. The van der Waals surface area contributed by atoms with Crippen molar-refractivity contribution in [3.05, 3.63) is 35.9 Å². The molecule has 0 aromatic heterocycles. The largest absolute Gasteiger partial charge is 0.494 e. The first kappa shape index (κ1) is 15.1. The van der Waals surface area contributed by atoms with Crippen molar-refractivity contribution in [1.29, 1.82) is 0 Å². The molecular weight excluding hydrogens is 270 g/mol. The lowest BCUT2D eigenvalue weighted by Gasteiger charge is -2.09. The lowest BCUT2D eigenvalue weighted by atomic mass is 10.1. The van der Waals surface area contributed by atoms with Crippen molar-refractivity contribution in [3.8, 4) is 5.75 Å². The van der Waals surface area contributed by atoms with Gasteiger partial charge in [0.1, 0.15) is 5.75 Å². The van der Waals surface area contributed by atoms with E-state index < -0.39 is 11.4 Å². The number of ether oxygens (including phenoxy) is 1. The van der Waals surface area contributed by atoms with E-state index in [-0.39, 0.29) is 12.5 Å². The van der Waals surface area contributed by atoms with Crippen LogP contribution in [0.1, 0.15) is 25.3 Å². The third kappa shape index (κ3) is 4.08. The second kappa shape index (κ2) is 6.43. The summed E-state index contributed by atoms with van der Waals surface area (Å²) in [5, 5.41) is 11.7. The van der Waals surface area contributed by atoms with Crippen LogP contribution in [0.15, 0.2) is 30.3 Å². The van der Waals surface area contributed by atoms with Crippen molar-refractivity contribution in [3.63, 3.8) is 0 Å². The van der Waals surface area contributed by atoms with Crippen LogP contribution in [0, 0.1) is 5.41 Å². The van der Waals surface area contributed by atoms with Crippen LogP contribution in [-0.4, -0.2) is 30.1 Å². The molecule has 1 aromatic rings. The molecule has 1 amide bonds. The van der Waals surface area contributed by atoms with Gasteiger partial charge in [0.15, 0.2) is 0 Å². The zero-order valence-electron chi connectivity index (χ0n) is 12.0. The van der Waals surface area contributed by atoms with Crippen LogP contribution in [0.3, 0.4) is 0 Å². The Morgan fingerprint density at radius 3 is 2.52 bits per heavy atom. The minimum absolute atomic E-state index is 0.189. The molecule has 112 valence electrons. The fourth-order valence-corrected chi connectivity index (χ4v) is 1.95. The number of carbonyl (C=O) groups excluding carboxylic acids is 1. The molecule has 1 saturated carbocycles. The number of hydrogen-bond donors (Lipinski definition) is 2. The van der Waals surface area contributed by atoms with Crippen LogP contribution in [0.25, 0.3) is 6.08 Å². The normalized spacial score (nSPS) is 15.7. The van der Waals surface area contributed by atoms with E-state index in [4.69, 9.17) is 9.84 Å². The Morgan fingerprint density at radius 2 is 2.00 bits per heavy atom. The highest BCUT2D eigenvalue weighted by Gasteiger charge is 2.50. The van der Waals surface area contributed by atoms with Gasteiger partial charge in [-0.05, 0) is 43.5 Å². The maximum atomic E-state index is 11.7. The number of hydrogen-bond acceptors (Lipinski definition) is 3. The van der Waals surface area contributed by atoms with E-state index in [0.29, 0.717) is 19.4 Å². The van der Waals surface area contributed by atoms with Gasteiger partial charge < -0.3 is 15.2 Å². The number of rotatable bonds is 7. The highest BCUT2D eigenvalue weighted by Crippen LogP contribution is 2.45. The van der Waals surface area contributed by atoms with Crippen molar-refractivity contribution >= 4 is 18.0 Å². The van der Waals surface area contributed by atoms with Crippen LogP contribution in [0.2, 0.25) is 0 Å². The minimum Gasteiger partial charge on any atom is -0.494 e. The summed E-state index contributed by atoms with van der Waals surface area (Å²) in [6.45, 7) is 2.72. The summed E-state index contributed by atoms with van der Waals surface area (Å²) >= 11 is 0. The molecule has 5 nitrogen and oxygen atoms in total. The second-order valence-corrected chi connectivity index (χ2v) is 5.14. The molecule has 0 saturated heterocycles. The first-order valence-corrected chi connectivity index (χ1v) is 6.98. The van der Waals surface area contributed by atoms with Gasteiger partial charge in [-0.25, -0.2) is 0 Å². The number of benzene rings is 1. The van der Waals surface area contributed by atoms with Crippen LogP contribution in [0.5, 0.6) is 5.75 Å². The van der Waals surface area contributed by atoms with Gasteiger partial charge in [0, 0.05) is 12.6 Å². The first-order chi connectivity index (χ1) is 10.1. The molecule has 21 heavy (non-hydrogen) atoms. The zero-order chi connectivity index (χ0) is 15.3. The van der Waals surface area contributed by atoms with Crippen LogP contribution >= 0.6 is 0 Å². The highest BCUT2D eigenvalue weighted by atomic mass is 16.5. The monoisotopic (exact) mass is 289 g/mol. The minimum atomic E-state index is -0.835. The Labute approximate surface area is 123 Å².